The molecule has 1 aromatic heterocycles. The van der Waals surface area contributed by atoms with Gasteiger partial charge in [-0.1, -0.05) is 18.9 Å². The molecule has 2 aliphatic heterocycles. The minimum Gasteiger partial charge on any atom is -0.486 e. The number of nitrogens with zero attached hydrogens (tertiary/aromatic N) is 4. The normalized spacial score (nSPS) is 22.8. The van der Waals surface area contributed by atoms with Crippen LogP contribution in [0.15, 0.2) is 35.6 Å². The summed E-state index contributed by atoms with van der Waals surface area (Å²) in [5.41, 5.74) is 2.52. The second-order valence-electron chi connectivity index (χ2n) is 9.00. The number of benzene rings is 1. The molecule has 1 aliphatic carbocycles. The van der Waals surface area contributed by atoms with E-state index in [0.29, 0.717) is 19.8 Å². The lowest BCUT2D eigenvalue weighted by atomic mass is 9.78. The number of aryl methyl sites for hydroxylation is 1. The molecule has 1 unspecified atom stereocenters. The molecule has 8 heteroatoms. The number of aromatic nitrogens is 2. The number of fused-ring (bicyclic) bond motifs is 1. The zero-order valence-corrected chi connectivity index (χ0v) is 19.0. The molecule has 1 saturated heterocycles. The molecule has 2 fully saturated rings. The Kier molecular flexibility index (Phi) is 5.95. The highest BCUT2D eigenvalue weighted by molar-refractivity contribution is 5.80. The molecule has 0 bridgehead atoms. The highest BCUT2D eigenvalue weighted by Gasteiger charge is 2.37. The number of morpholine rings is 1. The Morgan fingerprint density at radius 2 is 2.00 bits per heavy atom. The summed E-state index contributed by atoms with van der Waals surface area (Å²) < 4.78 is 19.4. The standard InChI is InChI=1S/C24H33N5O3/c1-25-23(29-9-10-30-22(16-29)18-14-27-28(2)15-18)26-17-24(7-3-4-8-24)19-5-6-20-21(13-19)32-12-11-31-20/h5-6,13-15,22H,3-4,7-12,16-17H2,1-2H3,(H,25,26). The quantitative estimate of drug-likeness (QED) is 0.583. The molecule has 172 valence electrons. The predicted octanol–water partition coefficient (Wildman–Crippen LogP) is 2.65. The molecule has 32 heavy (non-hydrogen) atoms. The van der Waals surface area contributed by atoms with Crippen molar-refractivity contribution in [1.82, 2.24) is 20.0 Å². The third kappa shape index (κ3) is 4.16. The van der Waals surface area contributed by atoms with E-state index in [1.165, 1.54) is 18.4 Å². The minimum atomic E-state index is 0.00855. The van der Waals surface area contributed by atoms with Crippen molar-refractivity contribution in [1.29, 1.82) is 0 Å². The van der Waals surface area contributed by atoms with Crippen LogP contribution in [0.3, 0.4) is 0 Å². The van der Waals surface area contributed by atoms with Crippen molar-refractivity contribution in [3.05, 3.63) is 41.7 Å². The van der Waals surface area contributed by atoms with Crippen LogP contribution in [0.4, 0.5) is 0 Å². The maximum Gasteiger partial charge on any atom is 0.193 e. The molecule has 3 heterocycles. The third-order valence-corrected chi connectivity index (χ3v) is 6.97. The Hall–Kier alpha value is -2.74. The van der Waals surface area contributed by atoms with Crippen molar-refractivity contribution in [3.63, 3.8) is 0 Å². The average Bonchev–Trinajstić information content (AvgIpc) is 3.49. The van der Waals surface area contributed by atoms with Crippen LogP contribution >= 0.6 is 0 Å². The van der Waals surface area contributed by atoms with Gasteiger partial charge in [0.25, 0.3) is 0 Å². The zero-order chi connectivity index (χ0) is 22.0. The van der Waals surface area contributed by atoms with E-state index in [2.05, 4.69) is 38.5 Å². The summed E-state index contributed by atoms with van der Waals surface area (Å²) in [5.74, 6) is 2.66. The van der Waals surface area contributed by atoms with Gasteiger partial charge < -0.3 is 24.4 Å². The molecule has 3 aliphatic rings. The van der Waals surface area contributed by atoms with Gasteiger partial charge >= 0.3 is 0 Å². The van der Waals surface area contributed by atoms with Gasteiger partial charge in [0.1, 0.15) is 19.3 Å². The maximum atomic E-state index is 6.02. The molecular formula is C24H33N5O3. The summed E-state index contributed by atoms with van der Waals surface area (Å²) in [7, 11) is 3.80. The summed E-state index contributed by atoms with van der Waals surface area (Å²) in [6, 6.07) is 6.48. The van der Waals surface area contributed by atoms with Crippen LogP contribution in [0.1, 0.15) is 42.9 Å². The van der Waals surface area contributed by atoms with Gasteiger partial charge in [0, 0.05) is 44.4 Å². The van der Waals surface area contributed by atoms with Crippen LogP contribution in [0, 0.1) is 0 Å². The van der Waals surface area contributed by atoms with Crippen molar-refractivity contribution in [3.8, 4) is 11.5 Å². The first-order valence-corrected chi connectivity index (χ1v) is 11.6. The van der Waals surface area contributed by atoms with Crippen LogP contribution in [0.5, 0.6) is 11.5 Å². The topological polar surface area (TPSA) is 73.1 Å². The molecule has 2 aromatic rings. The van der Waals surface area contributed by atoms with Crippen molar-refractivity contribution < 1.29 is 14.2 Å². The number of rotatable bonds is 4. The van der Waals surface area contributed by atoms with Crippen molar-refractivity contribution in [2.45, 2.75) is 37.2 Å². The molecule has 0 radical (unpaired) electrons. The van der Waals surface area contributed by atoms with Crippen LogP contribution < -0.4 is 14.8 Å². The first-order chi connectivity index (χ1) is 15.7. The van der Waals surface area contributed by atoms with Crippen LogP contribution in [0.2, 0.25) is 0 Å². The first kappa shape index (κ1) is 21.1. The minimum absolute atomic E-state index is 0.00855. The van der Waals surface area contributed by atoms with E-state index in [4.69, 9.17) is 14.2 Å². The lowest BCUT2D eigenvalue weighted by Gasteiger charge is -2.37. The molecule has 1 atom stereocenters. The second-order valence-corrected chi connectivity index (χ2v) is 9.00. The van der Waals surface area contributed by atoms with Gasteiger partial charge in [-0.3, -0.25) is 9.67 Å². The summed E-state index contributed by atoms with van der Waals surface area (Å²) >= 11 is 0. The Morgan fingerprint density at radius 3 is 2.75 bits per heavy atom. The van der Waals surface area contributed by atoms with Gasteiger partial charge in [0.05, 0.1) is 19.3 Å². The lowest BCUT2D eigenvalue weighted by Crippen LogP contribution is -2.51. The van der Waals surface area contributed by atoms with Gasteiger partial charge in [0.2, 0.25) is 0 Å². The van der Waals surface area contributed by atoms with E-state index in [1.54, 1.807) is 0 Å². The SMILES string of the molecule is CN=C(NCC1(c2ccc3c(c2)OCCO3)CCCC1)N1CCOC(c2cnn(C)c2)C1. The van der Waals surface area contributed by atoms with Gasteiger partial charge in [-0.25, -0.2) is 0 Å². The number of guanidine groups is 1. The van der Waals surface area contributed by atoms with Crippen LogP contribution in [-0.4, -0.2) is 67.1 Å². The number of ether oxygens (including phenoxy) is 3. The highest BCUT2D eigenvalue weighted by Crippen LogP contribution is 2.44. The molecule has 1 N–H and O–H groups in total. The van der Waals surface area contributed by atoms with E-state index in [1.807, 2.05) is 31.2 Å². The number of hydrogen-bond donors (Lipinski definition) is 1. The Morgan fingerprint density at radius 1 is 1.19 bits per heavy atom. The van der Waals surface area contributed by atoms with Gasteiger partial charge in [-0.05, 0) is 30.5 Å². The molecule has 1 saturated carbocycles. The molecule has 0 amide bonds. The van der Waals surface area contributed by atoms with E-state index in [0.717, 1.165) is 55.5 Å². The summed E-state index contributed by atoms with van der Waals surface area (Å²) in [4.78, 5) is 6.91. The molecule has 8 nitrogen and oxygen atoms in total. The second kappa shape index (κ2) is 9.02. The van der Waals surface area contributed by atoms with Gasteiger partial charge in [-0.2, -0.15) is 5.10 Å². The van der Waals surface area contributed by atoms with E-state index >= 15 is 0 Å². The fraction of sp³-hybridized carbons (Fsp3) is 0.583. The average molecular weight is 440 g/mol. The van der Waals surface area contributed by atoms with Crippen molar-refractivity contribution in [2.24, 2.45) is 12.0 Å². The van der Waals surface area contributed by atoms with E-state index < -0.39 is 0 Å². The number of aliphatic imine (C=N–C) groups is 1. The molecule has 5 rings (SSSR count). The Balaban J connectivity index is 1.30. The van der Waals surface area contributed by atoms with Gasteiger partial charge in [0.15, 0.2) is 17.5 Å². The maximum absolute atomic E-state index is 6.02. The number of hydrogen-bond acceptors (Lipinski definition) is 5. The number of nitrogens with one attached hydrogen (secondary N) is 1. The molecule has 1 aromatic carbocycles. The predicted molar refractivity (Wildman–Crippen MR) is 122 cm³/mol. The van der Waals surface area contributed by atoms with Crippen molar-refractivity contribution >= 4 is 5.96 Å². The summed E-state index contributed by atoms with van der Waals surface area (Å²) in [6.45, 7) is 4.36. The molecular weight excluding hydrogens is 406 g/mol. The smallest absolute Gasteiger partial charge is 0.193 e. The fourth-order valence-corrected chi connectivity index (χ4v) is 5.22. The molecule has 0 spiro atoms. The Labute approximate surface area is 189 Å². The van der Waals surface area contributed by atoms with Gasteiger partial charge in [-0.15, -0.1) is 0 Å². The highest BCUT2D eigenvalue weighted by atomic mass is 16.6. The summed E-state index contributed by atoms with van der Waals surface area (Å²) in [6.07, 6.45) is 8.75. The fourth-order valence-electron chi connectivity index (χ4n) is 5.22. The first-order valence-electron chi connectivity index (χ1n) is 11.6. The van der Waals surface area contributed by atoms with E-state index in [-0.39, 0.29) is 11.5 Å². The van der Waals surface area contributed by atoms with Crippen LogP contribution in [-0.2, 0) is 17.2 Å². The summed E-state index contributed by atoms with van der Waals surface area (Å²) in [5, 5.41) is 8.00. The van der Waals surface area contributed by atoms with Crippen molar-refractivity contribution in [2.75, 3.05) is 46.5 Å². The Bertz CT molecular complexity index is 966. The third-order valence-electron chi connectivity index (χ3n) is 6.97. The lowest BCUT2D eigenvalue weighted by molar-refractivity contribution is -0.00811. The van der Waals surface area contributed by atoms with E-state index in [9.17, 15) is 0 Å². The zero-order valence-electron chi connectivity index (χ0n) is 19.0. The van der Waals surface area contributed by atoms with Crippen LogP contribution in [0.25, 0.3) is 0 Å². The monoisotopic (exact) mass is 439 g/mol. The largest absolute Gasteiger partial charge is 0.486 e.